The molecule has 2 rings (SSSR count). The van der Waals surface area contributed by atoms with E-state index in [1.165, 1.54) is 0 Å². The molecule has 0 unspecified atom stereocenters. The summed E-state index contributed by atoms with van der Waals surface area (Å²) in [5, 5.41) is 2.78. The minimum absolute atomic E-state index is 0.0303. The van der Waals surface area contributed by atoms with Crippen molar-refractivity contribution in [1.82, 2.24) is 0 Å². The van der Waals surface area contributed by atoms with E-state index >= 15 is 0 Å². The van der Waals surface area contributed by atoms with Crippen LogP contribution in [0.2, 0.25) is 0 Å². The number of nitrogens with one attached hydrogen (secondary N) is 1. The van der Waals surface area contributed by atoms with Crippen LogP contribution >= 0.6 is 0 Å². The van der Waals surface area contributed by atoms with Gasteiger partial charge in [-0.15, -0.1) is 0 Å². The fraction of sp³-hybridized carbons (Fsp3) is 0.278. The molecular weight excluding hydrogens is 276 g/mol. The molecule has 0 atom stereocenters. The van der Waals surface area contributed by atoms with Crippen molar-refractivity contribution in [1.29, 1.82) is 0 Å². The first-order valence-electron chi connectivity index (χ1n) is 7.24. The summed E-state index contributed by atoms with van der Waals surface area (Å²) >= 11 is 0. The fourth-order valence-electron chi connectivity index (χ4n) is 2.12. The maximum Gasteiger partial charge on any atom is 0.262 e. The lowest BCUT2D eigenvalue weighted by Crippen LogP contribution is -2.21. The minimum atomic E-state index is -0.200. The third kappa shape index (κ3) is 4.25. The third-order valence-corrected chi connectivity index (χ3v) is 3.25. The molecule has 0 saturated heterocycles. The molecule has 0 aliphatic rings. The highest BCUT2D eigenvalue weighted by Gasteiger charge is 2.18. The SMILES string of the molecule is CC(C)(C)c1ccccc1OCC(=O)Nc1ccc(N)cc1. The predicted molar refractivity (Wildman–Crippen MR) is 90.1 cm³/mol. The molecule has 4 heteroatoms. The number of hydrogen-bond acceptors (Lipinski definition) is 3. The quantitative estimate of drug-likeness (QED) is 0.848. The topological polar surface area (TPSA) is 64.3 Å². The van der Waals surface area contributed by atoms with Gasteiger partial charge < -0.3 is 15.8 Å². The van der Waals surface area contributed by atoms with E-state index in [2.05, 4.69) is 26.1 Å². The van der Waals surface area contributed by atoms with Gasteiger partial charge in [0, 0.05) is 11.4 Å². The highest BCUT2D eigenvalue weighted by Crippen LogP contribution is 2.30. The summed E-state index contributed by atoms with van der Waals surface area (Å²) < 4.78 is 5.68. The molecule has 2 aromatic carbocycles. The molecule has 0 bridgehead atoms. The molecule has 2 aromatic rings. The Labute approximate surface area is 131 Å². The van der Waals surface area contributed by atoms with Crippen molar-refractivity contribution in [2.75, 3.05) is 17.7 Å². The first-order valence-corrected chi connectivity index (χ1v) is 7.24. The summed E-state index contributed by atoms with van der Waals surface area (Å²) in [5.74, 6) is 0.538. The van der Waals surface area contributed by atoms with Crippen LogP contribution in [-0.2, 0) is 10.2 Å². The van der Waals surface area contributed by atoms with Gasteiger partial charge in [-0.3, -0.25) is 4.79 Å². The Morgan fingerprint density at radius 2 is 1.73 bits per heavy atom. The van der Waals surface area contributed by atoms with E-state index in [1.54, 1.807) is 24.3 Å². The Morgan fingerprint density at radius 1 is 1.09 bits per heavy atom. The molecule has 3 N–H and O–H groups in total. The highest BCUT2D eigenvalue weighted by molar-refractivity contribution is 5.92. The van der Waals surface area contributed by atoms with Crippen LogP contribution in [0.3, 0.4) is 0 Å². The van der Waals surface area contributed by atoms with Gasteiger partial charge in [-0.1, -0.05) is 39.0 Å². The second-order valence-electron chi connectivity index (χ2n) is 6.21. The molecule has 0 aromatic heterocycles. The van der Waals surface area contributed by atoms with Gasteiger partial charge in [0.1, 0.15) is 5.75 Å². The van der Waals surface area contributed by atoms with Crippen molar-refractivity contribution in [3.63, 3.8) is 0 Å². The Hall–Kier alpha value is -2.49. The number of hydrogen-bond donors (Lipinski definition) is 2. The molecule has 0 aliphatic heterocycles. The lowest BCUT2D eigenvalue weighted by atomic mass is 9.86. The molecule has 0 fully saturated rings. The Morgan fingerprint density at radius 3 is 2.36 bits per heavy atom. The van der Waals surface area contributed by atoms with Gasteiger partial charge >= 0.3 is 0 Å². The number of para-hydroxylation sites is 1. The first-order chi connectivity index (χ1) is 10.4. The molecule has 22 heavy (non-hydrogen) atoms. The number of carbonyl (C=O) groups is 1. The zero-order valence-electron chi connectivity index (χ0n) is 13.2. The van der Waals surface area contributed by atoms with Crippen LogP contribution in [0, 0.1) is 0 Å². The summed E-state index contributed by atoms with van der Waals surface area (Å²) in [7, 11) is 0. The van der Waals surface area contributed by atoms with Gasteiger partial charge in [0.2, 0.25) is 0 Å². The van der Waals surface area contributed by atoms with Crippen LogP contribution < -0.4 is 15.8 Å². The van der Waals surface area contributed by atoms with E-state index in [-0.39, 0.29) is 17.9 Å². The number of ether oxygens (including phenoxy) is 1. The van der Waals surface area contributed by atoms with Crippen LogP contribution in [-0.4, -0.2) is 12.5 Å². The van der Waals surface area contributed by atoms with Gasteiger partial charge in [0.05, 0.1) is 0 Å². The number of carbonyl (C=O) groups excluding carboxylic acids is 1. The average Bonchev–Trinajstić information content (AvgIpc) is 2.47. The summed E-state index contributed by atoms with van der Waals surface area (Å²) in [4.78, 5) is 12.0. The molecule has 1 amide bonds. The molecular formula is C18H22N2O2. The largest absolute Gasteiger partial charge is 0.483 e. The fourth-order valence-corrected chi connectivity index (χ4v) is 2.12. The van der Waals surface area contributed by atoms with Gasteiger partial charge in [0.25, 0.3) is 5.91 Å². The lowest BCUT2D eigenvalue weighted by Gasteiger charge is -2.22. The highest BCUT2D eigenvalue weighted by atomic mass is 16.5. The molecule has 0 radical (unpaired) electrons. The van der Waals surface area contributed by atoms with Crippen molar-refractivity contribution < 1.29 is 9.53 Å². The molecule has 4 nitrogen and oxygen atoms in total. The Balaban J connectivity index is 1.98. The zero-order chi connectivity index (χ0) is 16.2. The average molecular weight is 298 g/mol. The number of benzene rings is 2. The molecule has 0 spiro atoms. The molecule has 0 aliphatic carbocycles. The van der Waals surface area contributed by atoms with Crippen LogP contribution in [0.15, 0.2) is 48.5 Å². The molecule has 0 saturated carbocycles. The van der Waals surface area contributed by atoms with E-state index < -0.39 is 0 Å². The number of nitrogens with two attached hydrogens (primary N) is 1. The number of rotatable bonds is 4. The Bertz CT molecular complexity index is 643. The van der Waals surface area contributed by atoms with Crippen LogP contribution in [0.25, 0.3) is 0 Å². The van der Waals surface area contributed by atoms with Gasteiger partial charge in [-0.05, 0) is 41.3 Å². The first kappa shape index (κ1) is 15.9. The van der Waals surface area contributed by atoms with Gasteiger partial charge in [-0.25, -0.2) is 0 Å². The predicted octanol–water partition coefficient (Wildman–Crippen LogP) is 3.58. The van der Waals surface area contributed by atoms with Gasteiger partial charge in [-0.2, -0.15) is 0 Å². The zero-order valence-corrected chi connectivity index (χ0v) is 13.2. The van der Waals surface area contributed by atoms with Crippen LogP contribution in [0.4, 0.5) is 11.4 Å². The maximum absolute atomic E-state index is 12.0. The van der Waals surface area contributed by atoms with E-state index in [0.717, 1.165) is 11.3 Å². The number of nitrogen functional groups attached to an aromatic ring is 1. The summed E-state index contributed by atoms with van der Waals surface area (Å²) in [6.07, 6.45) is 0. The number of amides is 1. The monoisotopic (exact) mass is 298 g/mol. The van der Waals surface area contributed by atoms with E-state index in [4.69, 9.17) is 10.5 Å². The van der Waals surface area contributed by atoms with Crippen molar-refractivity contribution in [2.45, 2.75) is 26.2 Å². The van der Waals surface area contributed by atoms with Crippen molar-refractivity contribution in [3.05, 3.63) is 54.1 Å². The van der Waals surface area contributed by atoms with Crippen molar-refractivity contribution in [3.8, 4) is 5.75 Å². The minimum Gasteiger partial charge on any atom is -0.483 e. The summed E-state index contributed by atoms with van der Waals surface area (Å²) in [6, 6.07) is 14.8. The normalized spacial score (nSPS) is 11.0. The second-order valence-corrected chi connectivity index (χ2v) is 6.21. The van der Waals surface area contributed by atoms with E-state index in [1.807, 2.05) is 24.3 Å². The third-order valence-electron chi connectivity index (χ3n) is 3.25. The smallest absolute Gasteiger partial charge is 0.262 e. The van der Waals surface area contributed by atoms with E-state index in [0.29, 0.717) is 11.4 Å². The van der Waals surface area contributed by atoms with Crippen molar-refractivity contribution >= 4 is 17.3 Å². The maximum atomic E-state index is 12.0. The van der Waals surface area contributed by atoms with Crippen molar-refractivity contribution in [2.24, 2.45) is 0 Å². The summed E-state index contributed by atoms with van der Waals surface area (Å²) in [6.45, 7) is 6.31. The number of anilines is 2. The van der Waals surface area contributed by atoms with Crippen LogP contribution in [0.1, 0.15) is 26.3 Å². The summed E-state index contributed by atoms with van der Waals surface area (Å²) in [5.41, 5.74) is 8.01. The van der Waals surface area contributed by atoms with E-state index in [9.17, 15) is 4.79 Å². The lowest BCUT2D eigenvalue weighted by molar-refractivity contribution is -0.118. The van der Waals surface area contributed by atoms with Gasteiger partial charge in [0.15, 0.2) is 6.61 Å². The Kier molecular flexibility index (Phi) is 4.71. The van der Waals surface area contributed by atoms with Crippen LogP contribution in [0.5, 0.6) is 5.75 Å². The molecule has 116 valence electrons. The molecule has 0 heterocycles. The standard InChI is InChI=1S/C18H22N2O2/c1-18(2,3)15-6-4-5-7-16(15)22-12-17(21)20-14-10-8-13(19)9-11-14/h4-11H,12,19H2,1-3H3,(H,20,21). The second kappa shape index (κ2) is 6.52.